The second-order valence-corrected chi connectivity index (χ2v) is 4.43. The molecule has 0 aliphatic heterocycles. The van der Waals surface area contributed by atoms with Gasteiger partial charge in [0.1, 0.15) is 0 Å². The second kappa shape index (κ2) is 6.72. The van der Waals surface area contributed by atoms with Gasteiger partial charge < -0.3 is 15.2 Å². The van der Waals surface area contributed by atoms with Crippen LogP contribution < -0.4 is 10.1 Å². The Balaban J connectivity index is 2.58. The lowest BCUT2D eigenvalue weighted by atomic mass is 10.3. The highest BCUT2D eigenvalue weighted by atomic mass is 16.5. The Hall–Kier alpha value is -2.11. The van der Waals surface area contributed by atoms with Gasteiger partial charge in [-0.25, -0.2) is 9.78 Å². The number of nitrogens with one attached hydrogen (secondary N) is 1. The third kappa shape index (κ3) is 4.95. The van der Waals surface area contributed by atoms with Crippen LogP contribution in [0.15, 0.2) is 12.1 Å². The van der Waals surface area contributed by atoms with Crippen LogP contribution in [0.2, 0.25) is 0 Å². The zero-order valence-electron chi connectivity index (χ0n) is 11.3. The molecule has 0 aliphatic carbocycles. The molecule has 0 saturated carbocycles. The summed E-state index contributed by atoms with van der Waals surface area (Å²) in [6, 6.07) is 3.28. The monoisotopic (exact) mass is 266 g/mol. The van der Waals surface area contributed by atoms with Gasteiger partial charge in [-0.2, -0.15) is 0 Å². The first-order chi connectivity index (χ1) is 8.90. The van der Waals surface area contributed by atoms with E-state index in [1.165, 1.54) is 0 Å². The smallest absolute Gasteiger partial charge is 0.358 e. The van der Waals surface area contributed by atoms with Gasteiger partial charge in [0.2, 0.25) is 5.91 Å². The molecule has 6 heteroatoms. The maximum atomic E-state index is 11.4. The van der Waals surface area contributed by atoms with Gasteiger partial charge in [-0.05, 0) is 32.9 Å². The SMILES string of the molecule is Cc1ccc(OCCC(=O)NC(C)C)c(C(=O)O)n1. The number of hydrogen-bond acceptors (Lipinski definition) is 4. The summed E-state index contributed by atoms with van der Waals surface area (Å²) in [7, 11) is 0. The minimum absolute atomic E-state index is 0.0723. The van der Waals surface area contributed by atoms with E-state index in [4.69, 9.17) is 9.84 Å². The van der Waals surface area contributed by atoms with Crippen LogP contribution in [0.1, 0.15) is 36.5 Å². The highest BCUT2D eigenvalue weighted by Gasteiger charge is 2.14. The van der Waals surface area contributed by atoms with E-state index in [9.17, 15) is 9.59 Å². The Kier molecular flexibility index (Phi) is 5.29. The van der Waals surface area contributed by atoms with E-state index in [1.807, 2.05) is 13.8 Å². The Morgan fingerprint density at radius 3 is 2.68 bits per heavy atom. The van der Waals surface area contributed by atoms with Gasteiger partial charge in [0, 0.05) is 11.7 Å². The molecular formula is C13H18N2O4. The number of aryl methyl sites for hydroxylation is 1. The zero-order chi connectivity index (χ0) is 14.4. The van der Waals surface area contributed by atoms with Crippen molar-refractivity contribution < 1.29 is 19.4 Å². The normalized spacial score (nSPS) is 10.3. The molecule has 0 aliphatic rings. The lowest BCUT2D eigenvalue weighted by molar-refractivity contribution is -0.122. The number of aromatic nitrogens is 1. The summed E-state index contributed by atoms with van der Waals surface area (Å²) in [6.07, 6.45) is 0.172. The number of amides is 1. The van der Waals surface area contributed by atoms with E-state index < -0.39 is 5.97 Å². The van der Waals surface area contributed by atoms with Crippen molar-refractivity contribution in [3.05, 3.63) is 23.5 Å². The maximum absolute atomic E-state index is 11.4. The van der Waals surface area contributed by atoms with Gasteiger partial charge in [-0.3, -0.25) is 4.79 Å². The summed E-state index contributed by atoms with van der Waals surface area (Å²) in [4.78, 5) is 26.3. The van der Waals surface area contributed by atoms with E-state index in [1.54, 1.807) is 19.1 Å². The van der Waals surface area contributed by atoms with E-state index in [0.717, 1.165) is 0 Å². The van der Waals surface area contributed by atoms with E-state index in [2.05, 4.69) is 10.3 Å². The fraction of sp³-hybridized carbons (Fsp3) is 0.462. The lowest BCUT2D eigenvalue weighted by Crippen LogP contribution is -2.31. The van der Waals surface area contributed by atoms with Gasteiger partial charge in [-0.15, -0.1) is 0 Å². The van der Waals surface area contributed by atoms with Crippen molar-refractivity contribution in [3.8, 4) is 5.75 Å². The fourth-order valence-corrected chi connectivity index (χ4v) is 1.46. The van der Waals surface area contributed by atoms with Gasteiger partial charge in [0.05, 0.1) is 13.0 Å². The molecule has 1 amide bonds. The summed E-state index contributed by atoms with van der Waals surface area (Å²) >= 11 is 0. The average molecular weight is 266 g/mol. The Bertz CT molecular complexity index is 472. The van der Waals surface area contributed by atoms with Crippen molar-refractivity contribution >= 4 is 11.9 Å². The summed E-state index contributed by atoms with van der Waals surface area (Å²) in [6.45, 7) is 5.55. The number of carbonyl (C=O) groups is 2. The molecule has 0 radical (unpaired) electrons. The number of pyridine rings is 1. The number of carboxylic acids is 1. The van der Waals surface area contributed by atoms with Crippen LogP contribution in [0.4, 0.5) is 0 Å². The minimum atomic E-state index is -1.15. The molecule has 0 spiro atoms. The van der Waals surface area contributed by atoms with E-state index >= 15 is 0 Å². The van der Waals surface area contributed by atoms with Gasteiger partial charge >= 0.3 is 5.97 Å². The predicted molar refractivity (Wildman–Crippen MR) is 69.3 cm³/mol. The highest BCUT2D eigenvalue weighted by Crippen LogP contribution is 2.17. The Morgan fingerprint density at radius 1 is 1.42 bits per heavy atom. The van der Waals surface area contributed by atoms with Crippen LogP contribution in [0.5, 0.6) is 5.75 Å². The number of ether oxygens (including phenoxy) is 1. The molecular weight excluding hydrogens is 248 g/mol. The van der Waals surface area contributed by atoms with Crippen LogP contribution in [-0.2, 0) is 4.79 Å². The van der Waals surface area contributed by atoms with Crippen molar-refractivity contribution in [2.75, 3.05) is 6.61 Å². The third-order valence-electron chi connectivity index (χ3n) is 2.24. The molecule has 104 valence electrons. The van der Waals surface area contributed by atoms with Crippen molar-refractivity contribution in [2.45, 2.75) is 33.2 Å². The van der Waals surface area contributed by atoms with Crippen molar-refractivity contribution in [3.63, 3.8) is 0 Å². The van der Waals surface area contributed by atoms with Crippen molar-refractivity contribution in [1.29, 1.82) is 0 Å². The molecule has 1 heterocycles. The third-order valence-corrected chi connectivity index (χ3v) is 2.24. The van der Waals surface area contributed by atoms with Crippen LogP contribution >= 0.6 is 0 Å². The number of nitrogens with zero attached hydrogens (tertiary/aromatic N) is 1. The summed E-state index contributed by atoms with van der Waals surface area (Å²) < 4.78 is 5.30. The molecule has 0 bridgehead atoms. The number of aromatic carboxylic acids is 1. The predicted octanol–water partition coefficient (Wildman–Crippen LogP) is 1.38. The topological polar surface area (TPSA) is 88.5 Å². The first-order valence-electron chi connectivity index (χ1n) is 6.03. The molecule has 1 aromatic heterocycles. The molecule has 0 aromatic carbocycles. The summed E-state index contributed by atoms with van der Waals surface area (Å²) in [5.41, 5.74) is 0.464. The molecule has 0 atom stereocenters. The van der Waals surface area contributed by atoms with Crippen LogP contribution in [-0.4, -0.2) is 34.6 Å². The second-order valence-electron chi connectivity index (χ2n) is 4.43. The molecule has 19 heavy (non-hydrogen) atoms. The molecule has 0 unspecified atom stereocenters. The summed E-state index contributed by atoms with van der Waals surface area (Å²) in [5.74, 6) is -1.10. The molecule has 2 N–H and O–H groups in total. The molecule has 6 nitrogen and oxygen atoms in total. The molecule has 0 saturated heterocycles. The maximum Gasteiger partial charge on any atom is 0.358 e. The Labute approximate surface area is 111 Å². The summed E-state index contributed by atoms with van der Waals surface area (Å²) in [5, 5.41) is 11.7. The quantitative estimate of drug-likeness (QED) is 0.812. The number of carboxylic acid groups (broad SMARTS) is 1. The van der Waals surface area contributed by atoms with Gasteiger partial charge in [-0.1, -0.05) is 0 Å². The molecule has 1 aromatic rings. The largest absolute Gasteiger partial charge is 0.490 e. The van der Waals surface area contributed by atoms with E-state index in [0.29, 0.717) is 5.69 Å². The zero-order valence-corrected chi connectivity index (χ0v) is 11.3. The van der Waals surface area contributed by atoms with Crippen LogP contribution in [0, 0.1) is 6.92 Å². The van der Waals surface area contributed by atoms with Crippen molar-refractivity contribution in [1.82, 2.24) is 10.3 Å². The number of rotatable bonds is 6. The molecule has 0 fully saturated rings. The average Bonchev–Trinajstić information content (AvgIpc) is 2.29. The Morgan fingerprint density at radius 2 is 2.11 bits per heavy atom. The van der Waals surface area contributed by atoms with Gasteiger partial charge in [0.15, 0.2) is 11.4 Å². The first-order valence-corrected chi connectivity index (χ1v) is 6.03. The van der Waals surface area contributed by atoms with Crippen LogP contribution in [0.25, 0.3) is 0 Å². The van der Waals surface area contributed by atoms with Crippen LogP contribution in [0.3, 0.4) is 0 Å². The highest BCUT2D eigenvalue weighted by molar-refractivity contribution is 5.88. The number of hydrogen-bond donors (Lipinski definition) is 2. The first kappa shape index (κ1) is 14.9. The lowest BCUT2D eigenvalue weighted by Gasteiger charge is -2.10. The minimum Gasteiger partial charge on any atom is -0.490 e. The fourth-order valence-electron chi connectivity index (χ4n) is 1.46. The van der Waals surface area contributed by atoms with Gasteiger partial charge in [0.25, 0.3) is 0 Å². The number of carbonyl (C=O) groups excluding carboxylic acids is 1. The van der Waals surface area contributed by atoms with E-state index in [-0.39, 0.29) is 36.4 Å². The molecule has 1 rings (SSSR count). The standard InChI is InChI=1S/C13H18N2O4/c1-8(2)14-11(16)6-7-19-10-5-4-9(3)15-12(10)13(17)18/h4-5,8H,6-7H2,1-3H3,(H,14,16)(H,17,18). The van der Waals surface area contributed by atoms with Crippen molar-refractivity contribution in [2.24, 2.45) is 0 Å².